The van der Waals surface area contributed by atoms with E-state index in [0.717, 1.165) is 19.1 Å². The van der Waals surface area contributed by atoms with Gasteiger partial charge in [0.15, 0.2) is 0 Å². The molecule has 0 fully saturated rings. The highest BCUT2D eigenvalue weighted by molar-refractivity contribution is 7.97. The summed E-state index contributed by atoms with van der Waals surface area (Å²) in [5.41, 5.74) is 1.00. The first-order valence-electron chi connectivity index (χ1n) is 7.42. The van der Waals surface area contributed by atoms with Crippen molar-refractivity contribution in [3.63, 3.8) is 0 Å². The Morgan fingerprint density at radius 3 is 2.59 bits per heavy atom. The molecule has 22 heavy (non-hydrogen) atoms. The molecule has 0 amide bonds. The van der Waals surface area contributed by atoms with E-state index < -0.39 is 5.92 Å². The number of hydrogen-bond donors (Lipinski definition) is 1. The van der Waals surface area contributed by atoms with Crippen molar-refractivity contribution in [1.82, 2.24) is 4.72 Å². The maximum atomic E-state index is 14.0. The molecular weight excluding hydrogens is 309 g/mol. The molecule has 0 aliphatic carbocycles. The van der Waals surface area contributed by atoms with Crippen molar-refractivity contribution < 1.29 is 13.2 Å². The molecule has 0 unspecified atom stereocenters. The van der Waals surface area contributed by atoms with E-state index in [-0.39, 0.29) is 24.5 Å². The minimum absolute atomic E-state index is 0.0712. The highest BCUT2D eigenvalue weighted by atomic mass is 32.2. The summed E-state index contributed by atoms with van der Waals surface area (Å²) in [5.74, 6) is -2.29. The summed E-state index contributed by atoms with van der Waals surface area (Å²) >= 11 is 1.56. The lowest BCUT2D eigenvalue weighted by molar-refractivity contribution is 0.0979. The molecule has 0 aliphatic rings. The Morgan fingerprint density at radius 2 is 2.05 bits per heavy atom. The molecule has 1 aromatic carbocycles. The normalized spacial score (nSPS) is 12.7. The number of rotatable bonds is 9. The van der Waals surface area contributed by atoms with Crippen molar-refractivity contribution >= 4 is 17.7 Å². The average molecular weight is 332 g/mol. The van der Waals surface area contributed by atoms with Crippen molar-refractivity contribution in [3.05, 3.63) is 35.1 Å². The van der Waals surface area contributed by atoms with Gasteiger partial charge in [-0.1, -0.05) is 37.9 Å². The van der Waals surface area contributed by atoms with Crippen molar-refractivity contribution in [2.24, 2.45) is 4.99 Å². The number of hydrogen-bond acceptors (Lipinski definition) is 3. The molecule has 0 heterocycles. The lowest BCUT2D eigenvalue weighted by atomic mass is 10.1. The molecule has 1 N–H and O–H groups in total. The second-order valence-electron chi connectivity index (χ2n) is 5.10. The quantitative estimate of drug-likeness (QED) is 0.392. The second-order valence-corrected chi connectivity index (χ2v) is 6.09. The smallest absolute Gasteiger partial charge is 0.282 e. The first kappa shape index (κ1) is 19.0. The molecular formula is C16H23F3N2S. The van der Waals surface area contributed by atoms with Crippen LogP contribution in [0.5, 0.6) is 0 Å². The SMILES string of the molecule is CCCSNCc1ccc(C/N=C(\CC)C(C)(F)F)cc1F. The number of alkyl halides is 2. The molecule has 0 saturated heterocycles. The van der Waals surface area contributed by atoms with E-state index in [1.807, 2.05) is 0 Å². The van der Waals surface area contributed by atoms with Crippen LogP contribution in [0.3, 0.4) is 0 Å². The molecule has 0 saturated carbocycles. The van der Waals surface area contributed by atoms with Crippen LogP contribution < -0.4 is 4.72 Å². The van der Waals surface area contributed by atoms with Gasteiger partial charge >= 0.3 is 0 Å². The van der Waals surface area contributed by atoms with E-state index in [1.54, 1.807) is 31.0 Å². The van der Waals surface area contributed by atoms with Crippen molar-refractivity contribution in [2.75, 3.05) is 5.75 Å². The van der Waals surface area contributed by atoms with Crippen LogP contribution in [-0.4, -0.2) is 17.4 Å². The minimum Gasteiger partial charge on any atom is -0.283 e. The molecule has 0 atom stereocenters. The van der Waals surface area contributed by atoms with Gasteiger partial charge in [-0.25, -0.2) is 13.2 Å². The largest absolute Gasteiger partial charge is 0.283 e. The lowest BCUT2D eigenvalue weighted by Gasteiger charge is -2.12. The predicted octanol–water partition coefficient (Wildman–Crippen LogP) is 4.98. The van der Waals surface area contributed by atoms with Crippen LogP contribution in [0.1, 0.15) is 44.7 Å². The van der Waals surface area contributed by atoms with Crippen LogP contribution in [0.2, 0.25) is 0 Å². The maximum Gasteiger partial charge on any atom is 0.282 e. The van der Waals surface area contributed by atoms with Crippen LogP contribution >= 0.6 is 11.9 Å². The van der Waals surface area contributed by atoms with Crippen LogP contribution in [-0.2, 0) is 13.1 Å². The number of aliphatic imine (C=N–C) groups is 1. The van der Waals surface area contributed by atoms with Crippen LogP contribution in [0.4, 0.5) is 13.2 Å². The van der Waals surface area contributed by atoms with E-state index in [0.29, 0.717) is 17.7 Å². The standard InChI is InChI=1S/C16H23F3N2S/c1-4-8-22-21-11-13-7-6-12(9-14(13)17)10-20-15(5-2)16(3,18)19/h6-7,9,21H,4-5,8,10-11H2,1-3H3/b20-15+. The summed E-state index contributed by atoms with van der Waals surface area (Å²) in [4.78, 5) is 3.92. The van der Waals surface area contributed by atoms with Gasteiger partial charge in [0.25, 0.3) is 5.92 Å². The predicted molar refractivity (Wildman–Crippen MR) is 88.0 cm³/mol. The molecule has 124 valence electrons. The van der Waals surface area contributed by atoms with E-state index in [1.165, 1.54) is 6.07 Å². The number of nitrogens with one attached hydrogen (secondary N) is 1. The summed E-state index contributed by atoms with van der Waals surface area (Å²) in [7, 11) is 0. The third-order valence-electron chi connectivity index (χ3n) is 3.08. The van der Waals surface area contributed by atoms with Crippen LogP contribution in [0, 0.1) is 5.82 Å². The van der Waals surface area contributed by atoms with Gasteiger partial charge in [-0.3, -0.25) is 9.71 Å². The highest BCUT2D eigenvalue weighted by Gasteiger charge is 2.27. The molecule has 1 aromatic rings. The molecule has 1 rings (SSSR count). The molecule has 0 aliphatic heterocycles. The van der Waals surface area contributed by atoms with E-state index in [2.05, 4.69) is 16.6 Å². The fourth-order valence-corrected chi connectivity index (χ4v) is 2.49. The lowest BCUT2D eigenvalue weighted by Crippen LogP contribution is -2.23. The Labute approximate surface area is 134 Å². The zero-order valence-electron chi connectivity index (χ0n) is 13.3. The van der Waals surface area contributed by atoms with Crippen LogP contribution in [0.25, 0.3) is 0 Å². The Balaban J connectivity index is 2.67. The molecule has 0 radical (unpaired) electrons. The summed E-state index contributed by atoms with van der Waals surface area (Å²) in [6.45, 7) is 5.06. The van der Waals surface area contributed by atoms with Gasteiger partial charge in [-0.05, 0) is 24.5 Å². The van der Waals surface area contributed by atoms with E-state index >= 15 is 0 Å². The Bertz CT molecular complexity index is 499. The van der Waals surface area contributed by atoms with Gasteiger partial charge in [-0.2, -0.15) is 0 Å². The fraction of sp³-hybridized carbons (Fsp3) is 0.562. The zero-order chi connectivity index (χ0) is 16.6. The van der Waals surface area contributed by atoms with Gasteiger partial charge in [0.05, 0.1) is 12.3 Å². The minimum atomic E-state index is -2.92. The first-order valence-corrected chi connectivity index (χ1v) is 8.40. The summed E-state index contributed by atoms with van der Waals surface area (Å²) in [5, 5.41) is 0. The average Bonchev–Trinajstić information content (AvgIpc) is 2.44. The van der Waals surface area contributed by atoms with Gasteiger partial charge in [0.1, 0.15) is 5.82 Å². The molecule has 2 nitrogen and oxygen atoms in total. The highest BCUT2D eigenvalue weighted by Crippen LogP contribution is 2.18. The van der Waals surface area contributed by atoms with Crippen molar-refractivity contribution in [3.8, 4) is 0 Å². The van der Waals surface area contributed by atoms with Gasteiger partial charge in [0.2, 0.25) is 0 Å². The second kappa shape index (κ2) is 9.20. The van der Waals surface area contributed by atoms with Crippen LogP contribution in [0.15, 0.2) is 23.2 Å². The maximum absolute atomic E-state index is 14.0. The number of halogens is 3. The summed E-state index contributed by atoms with van der Waals surface area (Å²) in [6, 6.07) is 4.77. The Morgan fingerprint density at radius 1 is 1.32 bits per heavy atom. The fourth-order valence-electron chi connectivity index (χ4n) is 1.88. The van der Waals surface area contributed by atoms with Gasteiger partial charge < -0.3 is 0 Å². The van der Waals surface area contributed by atoms with Gasteiger partial charge in [-0.15, -0.1) is 0 Å². The van der Waals surface area contributed by atoms with E-state index in [9.17, 15) is 13.2 Å². The molecule has 0 bridgehead atoms. The monoisotopic (exact) mass is 332 g/mol. The summed E-state index contributed by atoms with van der Waals surface area (Å²) < 4.78 is 43.5. The molecule has 6 heteroatoms. The number of nitrogens with zero attached hydrogens (tertiary/aromatic N) is 1. The topological polar surface area (TPSA) is 24.4 Å². The Kier molecular flexibility index (Phi) is 7.96. The number of benzene rings is 1. The zero-order valence-corrected chi connectivity index (χ0v) is 14.1. The third-order valence-corrected chi connectivity index (χ3v) is 4.04. The van der Waals surface area contributed by atoms with E-state index in [4.69, 9.17) is 0 Å². The summed E-state index contributed by atoms with van der Waals surface area (Å²) in [6.07, 6.45) is 1.24. The molecule has 0 aromatic heterocycles. The first-order chi connectivity index (χ1) is 10.4. The Hall–Kier alpha value is -1.01. The van der Waals surface area contributed by atoms with Gasteiger partial charge in [0, 0.05) is 24.8 Å². The third kappa shape index (κ3) is 6.40. The van der Waals surface area contributed by atoms with Crippen molar-refractivity contribution in [2.45, 2.75) is 52.6 Å². The van der Waals surface area contributed by atoms with Crippen molar-refractivity contribution in [1.29, 1.82) is 0 Å². The molecule has 0 spiro atoms.